The van der Waals surface area contributed by atoms with E-state index >= 15 is 0 Å². The van der Waals surface area contributed by atoms with Crippen LogP contribution in [-0.2, 0) is 6.54 Å². The smallest absolute Gasteiger partial charge is 0.406 e. The summed E-state index contributed by atoms with van der Waals surface area (Å²) in [4.78, 5) is 18.5. The monoisotopic (exact) mass is 493 g/mol. The van der Waals surface area contributed by atoms with E-state index in [0.29, 0.717) is 35.7 Å². The summed E-state index contributed by atoms with van der Waals surface area (Å²) >= 11 is 0. The molecule has 1 heterocycles. The maximum Gasteiger partial charge on any atom is 0.573 e. The highest BCUT2D eigenvalue weighted by molar-refractivity contribution is 5.99. The molecule has 0 aliphatic rings. The number of amides is 1. The van der Waals surface area contributed by atoms with Crippen LogP contribution >= 0.6 is 0 Å². The molecule has 186 valence electrons. The molecule has 0 aliphatic heterocycles. The number of imidazole rings is 1. The molecule has 0 aliphatic carbocycles. The Balaban J connectivity index is 1.79. The van der Waals surface area contributed by atoms with E-state index in [0.717, 1.165) is 11.1 Å². The predicted octanol–water partition coefficient (Wildman–Crippen LogP) is 7.02. The minimum Gasteiger partial charge on any atom is -0.406 e. The number of hydrogen-bond donors (Lipinski definition) is 1. The van der Waals surface area contributed by atoms with Crippen LogP contribution in [0, 0.1) is 0 Å². The number of carbonyl (C=O) groups excluding carboxylic acids is 1. The summed E-state index contributed by atoms with van der Waals surface area (Å²) in [5.74, 6) is -0.0555. The highest BCUT2D eigenvalue weighted by Crippen LogP contribution is 2.32. The normalized spacial score (nSPS) is 12.2. The van der Waals surface area contributed by atoms with Crippen LogP contribution in [0.3, 0.4) is 0 Å². The maximum atomic E-state index is 13.7. The van der Waals surface area contributed by atoms with Crippen molar-refractivity contribution in [2.24, 2.45) is 0 Å². The average molecular weight is 494 g/mol. The molecule has 0 bridgehead atoms. The van der Waals surface area contributed by atoms with Gasteiger partial charge in [-0.1, -0.05) is 67.6 Å². The van der Waals surface area contributed by atoms with Gasteiger partial charge in [0.25, 0.3) is 5.91 Å². The molecule has 4 rings (SSSR count). The summed E-state index contributed by atoms with van der Waals surface area (Å²) in [6.45, 7) is 4.38. The second-order valence-electron chi connectivity index (χ2n) is 8.16. The zero-order valence-electron chi connectivity index (χ0n) is 19.9. The first-order valence-electron chi connectivity index (χ1n) is 11.7. The molecule has 36 heavy (non-hydrogen) atoms. The van der Waals surface area contributed by atoms with Crippen molar-refractivity contribution in [3.05, 3.63) is 96.2 Å². The summed E-state index contributed by atoms with van der Waals surface area (Å²) in [6, 6.07) is 24.3. The first-order chi connectivity index (χ1) is 17.3. The van der Waals surface area contributed by atoms with E-state index in [2.05, 4.69) is 10.1 Å². The number of halogens is 3. The number of nitrogens with zero attached hydrogens (tertiary/aromatic N) is 2. The van der Waals surface area contributed by atoms with Crippen molar-refractivity contribution in [2.75, 3.05) is 0 Å². The fraction of sp³-hybridized carbons (Fsp3) is 0.214. The summed E-state index contributed by atoms with van der Waals surface area (Å²) in [7, 11) is 0. The van der Waals surface area contributed by atoms with E-state index in [1.165, 1.54) is 24.3 Å². The van der Waals surface area contributed by atoms with E-state index in [9.17, 15) is 18.0 Å². The number of aromatic nitrogens is 2. The molecular formula is C28H26F3N3O2. The van der Waals surface area contributed by atoms with Crippen molar-refractivity contribution in [3.8, 4) is 28.4 Å². The lowest BCUT2D eigenvalue weighted by molar-refractivity contribution is -0.274. The van der Waals surface area contributed by atoms with Gasteiger partial charge in [0.05, 0.1) is 6.04 Å². The van der Waals surface area contributed by atoms with E-state index in [4.69, 9.17) is 4.98 Å². The van der Waals surface area contributed by atoms with Crippen LogP contribution < -0.4 is 10.1 Å². The zero-order valence-corrected chi connectivity index (χ0v) is 19.9. The Hall–Kier alpha value is -4.07. The largest absolute Gasteiger partial charge is 0.573 e. The minimum atomic E-state index is -4.79. The van der Waals surface area contributed by atoms with Gasteiger partial charge in [0, 0.05) is 17.7 Å². The van der Waals surface area contributed by atoms with Crippen molar-refractivity contribution < 1.29 is 22.7 Å². The highest BCUT2D eigenvalue weighted by Gasteiger charge is 2.31. The van der Waals surface area contributed by atoms with Crippen molar-refractivity contribution in [1.82, 2.24) is 14.9 Å². The number of carbonyl (C=O) groups is 1. The van der Waals surface area contributed by atoms with Crippen LogP contribution in [-0.4, -0.2) is 21.8 Å². The molecule has 0 spiro atoms. The molecule has 0 saturated carbocycles. The van der Waals surface area contributed by atoms with Crippen LogP contribution in [0.2, 0.25) is 0 Å². The van der Waals surface area contributed by atoms with Gasteiger partial charge in [0.2, 0.25) is 0 Å². The van der Waals surface area contributed by atoms with Crippen molar-refractivity contribution in [3.63, 3.8) is 0 Å². The molecule has 1 N–H and O–H groups in total. The Kier molecular flexibility index (Phi) is 7.43. The third-order valence-electron chi connectivity index (χ3n) is 5.81. The molecule has 4 aromatic rings. The van der Waals surface area contributed by atoms with Gasteiger partial charge in [0.15, 0.2) is 0 Å². The second kappa shape index (κ2) is 10.7. The lowest BCUT2D eigenvalue weighted by Gasteiger charge is -2.19. The maximum absolute atomic E-state index is 13.7. The summed E-state index contributed by atoms with van der Waals surface area (Å²) in [5, 5.41) is 3.12. The summed E-state index contributed by atoms with van der Waals surface area (Å²) < 4.78 is 43.7. The number of alkyl halides is 3. The highest BCUT2D eigenvalue weighted by atomic mass is 19.4. The molecule has 1 amide bonds. The van der Waals surface area contributed by atoms with Crippen molar-refractivity contribution in [1.29, 1.82) is 0 Å². The Labute approximate surface area is 207 Å². The van der Waals surface area contributed by atoms with Gasteiger partial charge in [-0.25, -0.2) is 4.98 Å². The topological polar surface area (TPSA) is 56.1 Å². The van der Waals surface area contributed by atoms with E-state index < -0.39 is 6.36 Å². The van der Waals surface area contributed by atoms with E-state index in [-0.39, 0.29) is 17.7 Å². The lowest BCUT2D eigenvalue weighted by Crippen LogP contribution is -2.30. The predicted molar refractivity (Wildman–Crippen MR) is 132 cm³/mol. The van der Waals surface area contributed by atoms with Crippen LogP contribution in [0.1, 0.15) is 42.4 Å². The molecule has 5 nitrogen and oxygen atoms in total. The van der Waals surface area contributed by atoms with Crippen LogP contribution in [0.5, 0.6) is 5.75 Å². The third-order valence-corrected chi connectivity index (χ3v) is 5.81. The zero-order chi connectivity index (χ0) is 25.7. The SMILES string of the molecule is CC[C@@H](NC(=O)c1c(-c2ccc(OC(F)(F)F)cc2)nc(-c2ccccc2)n1CC)c1ccccc1. The molecule has 0 unspecified atom stereocenters. The van der Waals surface area contributed by atoms with E-state index in [1.807, 2.05) is 79.1 Å². The molecular weight excluding hydrogens is 467 g/mol. The van der Waals surface area contributed by atoms with Gasteiger partial charge in [0.1, 0.15) is 23.0 Å². The van der Waals surface area contributed by atoms with Gasteiger partial charge in [-0.05, 0) is 43.2 Å². The molecule has 0 radical (unpaired) electrons. The molecule has 1 aromatic heterocycles. The van der Waals surface area contributed by atoms with Gasteiger partial charge in [-0.3, -0.25) is 4.79 Å². The molecule has 3 aromatic carbocycles. The number of benzene rings is 3. The molecule has 8 heteroatoms. The fourth-order valence-corrected chi connectivity index (χ4v) is 4.15. The Morgan fingerprint density at radius 1 is 0.917 bits per heavy atom. The van der Waals surface area contributed by atoms with Crippen LogP contribution in [0.25, 0.3) is 22.6 Å². The fourth-order valence-electron chi connectivity index (χ4n) is 4.15. The summed E-state index contributed by atoms with van der Waals surface area (Å²) in [5.41, 5.74) is 3.04. The third kappa shape index (κ3) is 5.59. The Bertz CT molecular complexity index is 1300. The number of ether oxygens (including phenoxy) is 1. The van der Waals surface area contributed by atoms with E-state index in [1.54, 1.807) is 0 Å². The second-order valence-corrected chi connectivity index (χ2v) is 8.16. The van der Waals surface area contributed by atoms with Crippen LogP contribution in [0.15, 0.2) is 84.9 Å². The Morgan fingerprint density at radius 2 is 1.53 bits per heavy atom. The molecule has 0 saturated heterocycles. The standard InChI is InChI=1S/C28H26F3N3O2/c1-3-23(19-11-7-5-8-12-19)32-27(35)25-24(20-15-17-22(18-16-20)36-28(29,30)31)33-26(34(25)4-2)21-13-9-6-10-14-21/h5-18,23H,3-4H2,1-2H3,(H,32,35)/t23-/m1/s1. The average Bonchev–Trinajstić information content (AvgIpc) is 3.27. The molecule has 0 fully saturated rings. The number of nitrogens with one attached hydrogen (secondary N) is 1. The molecule has 1 atom stereocenters. The van der Waals surface area contributed by atoms with Gasteiger partial charge >= 0.3 is 6.36 Å². The van der Waals surface area contributed by atoms with Crippen molar-refractivity contribution >= 4 is 5.91 Å². The minimum absolute atomic E-state index is 0.213. The first kappa shape index (κ1) is 25.0. The van der Waals surface area contributed by atoms with Crippen LogP contribution in [0.4, 0.5) is 13.2 Å². The summed E-state index contributed by atoms with van der Waals surface area (Å²) in [6.07, 6.45) is -4.11. The van der Waals surface area contributed by atoms with Gasteiger partial charge < -0.3 is 14.6 Å². The Morgan fingerprint density at radius 3 is 2.08 bits per heavy atom. The van der Waals surface area contributed by atoms with Gasteiger partial charge in [-0.15, -0.1) is 13.2 Å². The lowest BCUT2D eigenvalue weighted by atomic mass is 10.0. The first-order valence-corrected chi connectivity index (χ1v) is 11.7. The quantitative estimate of drug-likeness (QED) is 0.287. The van der Waals surface area contributed by atoms with Gasteiger partial charge in [-0.2, -0.15) is 0 Å². The number of hydrogen-bond acceptors (Lipinski definition) is 3. The number of rotatable bonds is 8. The van der Waals surface area contributed by atoms with Crippen molar-refractivity contribution in [2.45, 2.75) is 39.2 Å².